The van der Waals surface area contributed by atoms with Gasteiger partial charge in [-0.25, -0.2) is 4.39 Å². The summed E-state index contributed by atoms with van der Waals surface area (Å²) in [5.41, 5.74) is 1.27. The normalized spacial score (nSPS) is 10.6. The molecule has 0 unspecified atom stereocenters. The topological polar surface area (TPSA) is 78.4 Å². The molecule has 134 valence electrons. The minimum atomic E-state index is -0.224. The zero-order valence-electron chi connectivity index (χ0n) is 13.8. The Bertz CT molecular complexity index is 696. The summed E-state index contributed by atoms with van der Waals surface area (Å²) in [6, 6.07) is 10.1. The van der Waals surface area contributed by atoms with Crippen LogP contribution in [0.15, 0.2) is 53.8 Å². The second kappa shape index (κ2) is 11.3. The van der Waals surface area contributed by atoms with E-state index in [0.717, 1.165) is 0 Å². The zero-order chi connectivity index (χ0) is 17.2. The molecule has 0 saturated heterocycles. The molecular weight excluding hydrogens is 436 g/mol. The fourth-order valence-electron chi connectivity index (χ4n) is 2.04. The number of rotatable bonds is 6. The number of aliphatic imine (C=N–C) groups is 1. The van der Waals surface area contributed by atoms with Gasteiger partial charge in [-0.15, -0.1) is 24.0 Å². The summed E-state index contributed by atoms with van der Waals surface area (Å²) >= 11 is 0. The fourth-order valence-corrected chi connectivity index (χ4v) is 2.04. The summed E-state index contributed by atoms with van der Waals surface area (Å²) in [7, 11) is 1.61. The van der Waals surface area contributed by atoms with E-state index in [1.165, 1.54) is 6.07 Å². The lowest BCUT2D eigenvalue weighted by Gasteiger charge is -2.12. The number of anilines is 1. The number of aromatic nitrogens is 1. The van der Waals surface area contributed by atoms with E-state index in [1.807, 2.05) is 0 Å². The van der Waals surface area contributed by atoms with Gasteiger partial charge in [0.2, 0.25) is 5.91 Å². The predicted molar refractivity (Wildman–Crippen MR) is 108 cm³/mol. The highest BCUT2D eigenvalue weighted by Gasteiger charge is 2.05. The quantitative estimate of drug-likeness (QED) is 0.353. The number of nitrogens with zero attached hydrogens (tertiary/aromatic N) is 2. The molecule has 0 radical (unpaired) electrons. The second-order valence-corrected chi connectivity index (χ2v) is 4.98. The van der Waals surface area contributed by atoms with Crippen molar-refractivity contribution in [2.75, 3.05) is 25.5 Å². The van der Waals surface area contributed by atoms with Crippen LogP contribution in [0.5, 0.6) is 0 Å². The zero-order valence-corrected chi connectivity index (χ0v) is 16.2. The van der Waals surface area contributed by atoms with E-state index in [1.54, 1.807) is 49.8 Å². The van der Waals surface area contributed by atoms with Crippen molar-refractivity contribution >= 4 is 41.5 Å². The summed E-state index contributed by atoms with van der Waals surface area (Å²) < 4.78 is 13.5. The first-order valence-corrected chi connectivity index (χ1v) is 7.57. The van der Waals surface area contributed by atoms with Crippen molar-refractivity contribution in [1.29, 1.82) is 0 Å². The van der Waals surface area contributed by atoms with Crippen LogP contribution in [0.1, 0.15) is 5.56 Å². The first-order chi connectivity index (χ1) is 11.7. The van der Waals surface area contributed by atoms with Crippen molar-refractivity contribution in [1.82, 2.24) is 15.6 Å². The third-order valence-corrected chi connectivity index (χ3v) is 3.23. The van der Waals surface area contributed by atoms with Gasteiger partial charge in [-0.3, -0.25) is 14.8 Å². The van der Waals surface area contributed by atoms with Crippen LogP contribution in [0.25, 0.3) is 0 Å². The van der Waals surface area contributed by atoms with Crippen molar-refractivity contribution in [3.8, 4) is 0 Å². The van der Waals surface area contributed by atoms with Crippen molar-refractivity contribution in [3.05, 3.63) is 60.2 Å². The van der Waals surface area contributed by atoms with Crippen LogP contribution in [0, 0.1) is 5.82 Å². The molecule has 0 saturated carbocycles. The van der Waals surface area contributed by atoms with Crippen molar-refractivity contribution < 1.29 is 9.18 Å². The van der Waals surface area contributed by atoms with E-state index >= 15 is 0 Å². The lowest BCUT2D eigenvalue weighted by Crippen LogP contribution is -2.42. The molecule has 1 aromatic carbocycles. The van der Waals surface area contributed by atoms with Crippen LogP contribution in [-0.2, 0) is 11.2 Å². The number of amides is 1. The number of carbonyl (C=O) groups excluding carboxylic acids is 1. The summed E-state index contributed by atoms with van der Waals surface area (Å²) in [6.07, 6.45) is 3.73. The minimum Gasteiger partial charge on any atom is -0.356 e. The van der Waals surface area contributed by atoms with Gasteiger partial charge in [-0.05, 0) is 30.2 Å². The third kappa shape index (κ3) is 7.46. The highest BCUT2D eigenvalue weighted by Crippen LogP contribution is 2.06. The number of halogens is 2. The van der Waals surface area contributed by atoms with Gasteiger partial charge in [-0.2, -0.15) is 0 Å². The molecule has 1 amide bonds. The van der Waals surface area contributed by atoms with E-state index in [-0.39, 0.29) is 42.2 Å². The van der Waals surface area contributed by atoms with Crippen LogP contribution in [0.4, 0.5) is 10.1 Å². The SMILES string of the molecule is CN=C(NCCc1ccccc1F)NCC(=O)Nc1cccnc1.I. The molecule has 0 aliphatic carbocycles. The summed E-state index contributed by atoms with van der Waals surface area (Å²) in [5, 5.41) is 8.66. The Morgan fingerprint density at radius 1 is 1.20 bits per heavy atom. The number of hydrogen-bond donors (Lipinski definition) is 3. The lowest BCUT2D eigenvalue weighted by atomic mass is 10.1. The van der Waals surface area contributed by atoms with Gasteiger partial charge >= 0.3 is 0 Å². The van der Waals surface area contributed by atoms with Gasteiger partial charge in [0.05, 0.1) is 18.4 Å². The van der Waals surface area contributed by atoms with E-state index in [2.05, 4.69) is 25.9 Å². The largest absolute Gasteiger partial charge is 0.356 e. The molecule has 8 heteroatoms. The average Bonchev–Trinajstić information content (AvgIpc) is 2.60. The molecule has 3 N–H and O–H groups in total. The summed E-state index contributed by atoms with van der Waals surface area (Å²) in [6.45, 7) is 0.569. The number of carbonyl (C=O) groups is 1. The molecular formula is C17H21FIN5O. The molecule has 6 nitrogen and oxygen atoms in total. The Balaban J connectivity index is 0.00000312. The molecule has 2 rings (SSSR count). The van der Waals surface area contributed by atoms with Crippen molar-refractivity contribution in [2.45, 2.75) is 6.42 Å². The summed E-state index contributed by atoms with van der Waals surface area (Å²) in [5.74, 6) is 0.0471. The predicted octanol–water partition coefficient (Wildman–Crippen LogP) is 2.18. The third-order valence-electron chi connectivity index (χ3n) is 3.23. The maximum Gasteiger partial charge on any atom is 0.243 e. The first-order valence-electron chi connectivity index (χ1n) is 7.57. The van der Waals surface area contributed by atoms with E-state index in [4.69, 9.17) is 0 Å². The number of hydrogen-bond acceptors (Lipinski definition) is 3. The van der Waals surface area contributed by atoms with Crippen molar-refractivity contribution in [3.63, 3.8) is 0 Å². The molecule has 1 aromatic heterocycles. The molecule has 0 atom stereocenters. The Kier molecular flexibility index (Phi) is 9.45. The summed E-state index contributed by atoms with van der Waals surface area (Å²) in [4.78, 5) is 19.8. The Morgan fingerprint density at radius 3 is 2.68 bits per heavy atom. The maximum atomic E-state index is 13.5. The molecule has 0 bridgehead atoms. The monoisotopic (exact) mass is 457 g/mol. The molecule has 0 aliphatic rings. The maximum absolute atomic E-state index is 13.5. The Morgan fingerprint density at radius 2 is 2.00 bits per heavy atom. The van der Waals surface area contributed by atoms with Crippen LogP contribution in [-0.4, -0.2) is 37.0 Å². The Hall–Kier alpha value is -2.23. The number of guanidine groups is 1. The Labute approximate surface area is 163 Å². The fraction of sp³-hybridized carbons (Fsp3) is 0.235. The van der Waals surface area contributed by atoms with Crippen molar-refractivity contribution in [2.24, 2.45) is 4.99 Å². The average molecular weight is 457 g/mol. The lowest BCUT2D eigenvalue weighted by molar-refractivity contribution is -0.115. The number of pyridine rings is 1. The van der Waals surface area contributed by atoms with Crippen LogP contribution >= 0.6 is 24.0 Å². The van der Waals surface area contributed by atoms with Crippen LogP contribution in [0.3, 0.4) is 0 Å². The van der Waals surface area contributed by atoms with Gasteiger partial charge in [0.15, 0.2) is 5.96 Å². The molecule has 2 aromatic rings. The van der Waals surface area contributed by atoms with E-state index in [9.17, 15) is 9.18 Å². The molecule has 0 spiro atoms. The van der Waals surface area contributed by atoms with Gasteiger partial charge in [0.1, 0.15) is 5.82 Å². The smallest absolute Gasteiger partial charge is 0.243 e. The number of benzene rings is 1. The standard InChI is InChI=1S/C17H20FN5O.HI/c1-19-17(21-10-8-13-5-2-3-7-15(13)18)22-12-16(24)23-14-6-4-9-20-11-14;/h2-7,9,11H,8,10,12H2,1H3,(H,23,24)(H2,19,21,22);1H. The molecule has 0 aliphatic heterocycles. The van der Waals surface area contributed by atoms with E-state index in [0.29, 0.717) is 30.2 Å². The molecule has 0 fully saturated rings. The molecule has 25 heavy (non-hydrogen) atoms. The van der Waals surface area contributed by atoms with Gasteiger partial charge in [0.25, 0.3) is 0 Å². The highest BCUT2D eigenvalue weighted by atomic mass is 127. The minimum absolute atomic E-state index is 0. The van der Waals surface area contributed by atoms with Gasteiger partial charge < -0.3 is 16.0 Å². The second-order valence-electron chi connectivity index (χ2n) is 4.98. The first kappa shape index (κ1) is 20.8. The van der Waals surface area contributed by atoms with Crippen LogP contribution < -0.4 is 16.0 Å². The number of nitrogens with one attached hydrogen (secondary N) is 3. The van der Waals surface area contributed by atoms with Gasteiger partial charge in [-0.1, -0.05) is 18.2 Å². The van der Waals surface area contributed by atoms with Gasteiger partial charge in [0, 0.05) is 19.8 Å². The van der Waals surface area contributed by atoms with E-state index < -0.39 is 0 Å². The molecule has 1 heterocycles. The highest BCUT2D eigenvalue weighted by molar-refractivity contribution is 14.0. The van der Waals surface area contributed by atoms with Crippen LogP contribution in [0.2, 0.25) is 0 Å².